The van der Waals surface area contributed by atoms with Crippen LogP contribution in [-0.2, 0) is 16.0 Å². The van der Waals surface area contributed by atoms with E-state index in [2.05, 4.69) is 24.5 Å². The number of rotatable bonds is 5. The molecule has 4 amide bonds. The zero-order valence-electron chi connectivity index (χ0n) is 17.7. The van der Waals surface area contributed by atoms with Crippen LogP contribution in [0.5, 0.6) is 11.5 Å². The summed E-state index contributed by atoms with van der Waals surface area (Å²) in [4.78, 5) is 39.1. The van der Waals surface area contributed by atoms with Crippen LogP contribution in [0.25, 0.3) is 0 Å². The number of urea groups is 1. The maximum absolute atomic E-state index is 13.0. The Hall–Kier alpha value is -2.77. The van der Waals surface area contributed by atoms with Gasteiger partial charge in [-0.25, -0.2) is 4.79 Å². The number of hydrogen-bond acceptors (Lipinski definition) is 5. The van der Waals surface area contributed by atoms with Crippen LogP contribution in [0, 0.1) is 11.8 Å². The number of benzene rings is 1. The molecule has 1 aliphatic carbocycles. The summed E-state index contributed by atoms with van der Waals surface area (Å²) in [6, 6.07) is 5.00. The maximum Gasteiger partial charge on any atom is 0.325 e. The summed E-state index contributed by atoms with van der Waals surface area (Å²) >= 11 is 0. The van der Waals surface area contributed by atoms with Crippen molar-refractivity contribution >= 4 is 17.8 Å². The Balaban J connectivity index is 1.40. The topological polar surface area (TPSA) is 97.0 Å². The van der Waals surface area contributed by atoms with Crippen molar-refractivity contribution in [3.8, 4) is 11.5 Å². The molecule has 0 aromatic heterocycles. The first-order chi connectivity index (χ1) is 14.3. The largest absolute Gasteiger partial charge is 0.454 e. The minimum atomic E-state index is -1.11. The summed E-state index contributed by atoms with van der Waals surface area (Å²) in [5.74, 6) is 1.52. The minimum absolute atomic E-state index is 0.0852. The van der Waals surface area contributed by atoms with Gasteiger partial charge >= 0.3 is 6.03 Å². The summed E-state index contributed by atoms with van der Waals surface area (Å²) in [6.45, 7) is 5.93. The van der Waals surface area contributed by atoms with Crippen LogP contribution in [0.2, 0.25) is 0 Å². The second-order valence-corrected chi connectivity index (χ2v) is 8.96. The quantitative estimate of drug-likeness (QED) is 0.719. The molecule has 1 aromatic carbocycles. The number of nitrogens with one attached hydrogen (secondary N) is 2. The molecule has 30 heavy (non-hydrogen) atoms. The zero-order valence-corrected chi connectivity index (χ0v) is 17.7. The second kappa shape index (κ2) is 7.81. The Morgan fingerprint density at radius 2 is 2.00 bits per heavy atom. The first kappa shape index (κ1) is 20.5. The lowest BCUT2D eigenvalue weighted by Crippen LogP contribution is -2.49. The Labute approximate surface area is 176 Å². The molecule has 8 heteroatoms. The van der Waals surface area contributed by atoms with Gasteiger partial charge in [0.1, 0.15) is 12.1 Å². The number of carbonyl (C=O) groups excluding carboxylic acids is 3. The number of imide groups is 1. The zero-order chi connectivity index (χ0) is 21.5. The molecule has 0 radical (unpaired) electrons. The van der Waals surface area contributed by atoms with E-state index in [0.717, 1.165) is 23.3 Å². The summed E-state index contributed by atoms with van der Waals surface area (Å²) in [6.07, 6.45) is 3.47. The molecule has 1 saturated heterocycles. The number of carbonyl (C=O) groups is 3. The maximum atomic E-state index is 13.0. The predicted octanol–water partition coefficient (Wildman–Crippen LogP) is 2.21. The third-order valence-corrected chi connectivity index (χ3v) is 6.69. The molecule has 1 aromatic rings. The fourth-order valence-corrected chi connectivity index (χ4v) is 4.65. The van der Waals surface area contributed by atoms with Crippen molar-refractivity contribution in [3.63, 3.8) is 0 Å². The normalized spacial score (nSPS) is 30.4. The Bertz CT molecular complexity index is 872. The second-order valence-electron chi connectivity index (χ2n) is 8.96. The van der Waals surface area contributed by atoms with E-state index in [0.29, 0.717) is 29.8 Å². The number of nitrogens with zero attached hydrogens (tertiary/aromatic N) is 1. The summed E-state index contributed by atoms with van der Waals surface area (Å²) in [5.41, 5.74) is -0.274. The van der Waals surface area contributed by atoms with Crippen LogP contribution >= 0.6 is 0 Å². The van der Waals surface area contributed by atoms with Crippen molar-refractivity contribution in [3.05, 3.63) is 23.8 Å². The molecular weight excluding hydrogens is 386 g/mol. The monoisotopic (exact) mass is 415 g/mol. The van der Waals surface area contributed by atoms with E-state index in [4.69, 9.17) is 9.47 Å². The highest BCUT2D eigenvalue weighted by Gasteiger charge is 2.48. The molecule has 0 spiro atoms. The first-order valence-electron chi connectivity index (χ1n) is 10.6. The lowest BCUT2D eigenvalue weighted by Gasteiger charge is -2.34. The molecule has 0 unspecified atom stereocenters. The fourth-order valence-electron chi connectivity index (χ4n) is 4.65. The molecule has 3 aliphatic rings. The van der Waals surface area contributed by atoms with Crippen LogP contribution < -0.4 is 20.1 Å². The first-order valence-corrected chi connectivity index (χ1v) is 10.6. The lowest BCUT2D eigenvalue weighted by molar-refractivity contribution is -0.135. The smallest absolute Gasteiger partial charge is 0.325 e. The van der Waals surface area contributed by atoms with Crippen molar-refractivity contribution in [1.29, 1.82) is 0 Å². The van der Waals surface area contributed by atoms with Crippen molar-refractivity contribution in [1.82, 2.24) is 15.5 Å². The van der Waals surface area contributed by atoms with E-state index in [1.54, 1.807) is 13.0 Å². The van der Waals surface area contributed by atoms with Crippen LogP contribution in [0.4, 0.5) is 4.79 Å². The van der Waals surface area contributed by atoms with E-state index in [9.17, 15) is 14.4 Å². The third-order valence-electron chi connectivity index (χ3n) is 6.69. The highest BCUT2D eigenvalue weighted by atomic mass is 16.7. The van der Waals surface area contributed by atoms with E-state index in [1.807, 2.05) is 12.1 Å². The van der Waals surface area contributed by atoms with Crippen molar-refractivity contribution < 1.29 is 23.9 Å². The van der Waals surface area contributed by atoms with Crippen LogP contribution in [0.3, 0.4) is 0 Å². The standard InChI is InChI=1S/C22H29N3O5/c1-13-5-4-6-16(14(13)2)23-19(26)11-25-20(27)22(3,24-21(25)28)10-15-7-8-17-18(9-15)30-12-29-17/h7-9,13-14,16H,4-6,10-12H2,1-3H3,(H,23,26)(H,24,28)/t13-,14+,16-,22+/m0/s1. The van der Waals surface area contributed by atoms with E-state index in [-0.39, 0.29) is 25.3 Å². The van der Waals surface area contributed by atoms with E-state index >= 15 is 0 Å². The summed E-state index contributed by atoms with van der Waals surface area (Å²) in [7, 11) is 0. The molecule has 8 nitrogen and oxygen atoms in total. The van der Waals surface area contributed by atoms with Gasteiger partial charge in [-0.2, -0.15) is 0 Å². The molecule has 0 bridgehead atoms. The van der Waals surface area contributed by atoms with Crippen molar-refractivity contribution in [2.75, 3.05) is 13.3 Å². The van der Waals surface area contributed by atoms with Gasteiger partial charge in [-0.05, 0) is 42.9 Å². The molecule has 4 rings (SSSR count). The predicted molar refractivity (Wildman–Crippen MR) is 109 cm³/mol. The molecule has 2 fully saturated rings. The summed E-state index contributed by atoms with van der Waals surface area (Å²) in [5, 5.41) is 5.79. The molecular formula is C22H29N3O5. The van der Waals surface area contributed by atoms with Gasteiger partial charge in [-0.15, -0.1) is 0 Å². The van der Waals surface area contributed by atoms with Crippen LogP contribution in [0.1, 0.15) is 45.6 Å². The van der Waals surface area contributed by atoms with Gasteiger partial charge in [0, 0.05) is 12.5 Å². The third kappa shape index (κ3) is 3.82. The van der Waals surface area contributed by atoms with Gasteiger partial charge in [0.2, 0.25) is 12.7 Å². The van der Waals surface area contributed by atoms with Gasteiger partial charge in [-0.1, -0.05) is 32.8 Å². The van der Waals surface area contributed by atoms with Crippen LogP contribution in [-0.4, -0.2) is 47.7 Å². The number of ether oxygens (including phenoxy) is 2. The average molecular weight is 415 g/mol. The molecule has 1 saturated carbocycles. The Morgan fingerprint density at radius 1 is 1.23 bits per heavy atom. The number of fused-ring (bicyclic) bond motifs is 1. The van der Waals surface area contributed by atoms with Gasteiger partial charge < -0.3 is 20.1 Å². The number of hydrogen-bond donors (Lipinski definition) is 2. The van der Waals surface area contributed by atoms with E-state index < -0.39 is 17.5 Å². The van der Waals surface area contributed by atoms with Gasteiger partial charge in [0.25, 0.3) is 5.91 Å². The highest BCUT2D eigenvalue weighted by molar-refractivity contribution is 6.09. The molecule has 4 atom stereocenters. The van der Waals surface area contributed by atoms with Crippen molar-refractivity contribution in [2.24, 2.45) is 11.8 Å². The SMILES string of the molecule is C[C@H]1[C@@H](NC(=O)CN2C(=O)N[C@](C)(Cc3ccc4c(c3)OCO4)C2=O)CCC[C@@H]1C. The minimum Gasteiger partial charge on any atom is -0.454 e. The van der Waals surface area contributed by atoms with Crippen LogP contribution in [0.15, 0.2) is 18.2 Å². The highest BCUT2D eigenvalue weighted by Crippen LogP contribution is 2.34. The fraction of sp³-hybridized carbons (Fsp3) is 0.591. The van der Waals surface area contributed by atoms with Gasteiger partial charge in [-0.3, -0.25) is 14.5 Å². The van der Waals surface area contributed by atoms with Gasteiger partial charge in [0.05, 0.1) is 0 Å². The van der Waals surface area contributed by atoms with Crippen molar-refractivity contribution in [2.45, 2.75) is 58.0 Å². The number of amides is 4. The average Bonchev–Trinajstić information content (AvgIpc) is 3.23. The molecule has 2 N–H and O–H groups in total. The molecule has 2 heterocycles. The Kier molecular flexibility index (Phi) is 5.34. The van der Waals surface area contributed by atoms with E-state index in [1.165, 1.54) is 6.42 Å². The lowest BCUT2D eigenvalue weighted by atomic mass is 9.78. The van der Waals surface area contributed by atoms with Gasteiger partial charge in [0.15, 0.2) is 11.5 Å². The Morgan fingerprint density at radius 3 is 2.80 bits per heavy atom. The molecule has 2 aliphatic heterocycles. The summed E-state index contributed by atoms with van der Waals surface area (Å²) < 4.78 is 10.7. The molecule has 162 valence electrons.